The van der Waals surface area contributed by atoms with Gasteiger partial charge in [-0.15, -0.1) is 0 Å². The van der Waals surface area contributed by atoms with E-state index in [4.69, 9.17) is 0 Å². The Labute approximate surface area is 119 Å². The predicted molar refractivity (Wildman–Crippen MR) is 85.7 cm³/mol. The lowest BCUT2D eigenvalue weighted by Crippen LogP contribution is -2.36. The largest absolute Gasteiger partial charge is 0.312 e. The predicted octanol–water partition coefficient (Wildman–Crippen LogP) is 4.57. The van der Waals surface area contributed by atoms with Crippen LogP contribution in [0.4, 0.5) is 0 Å². The van der Waals surface area contributed by atoms with E-state index >= 15 is 0 Å². The number of allylic oxidation sites excluding steroid dienone is 1. The molecule has 1 N–H and O–H groups in total. The van der Waals surface area contributed by atoms with E-state index in [1.54, 1.807) is 0 Å². The summed E-state index contributed by atoms with van der Waals surface area (Å²) in [5.74, 6) is 0. The fourth-order valence-corrected chi connectivity index (χ4v) is 2.24. The Morgan fingerprint density at radius 2 is 1.74 bits per heavy atom. The van der Waals surface area contributed by atoms with Crippen LogP contribution in [-0.2, 0) is 6.42 Å². The molecule has 0 aliphatic heterocycles. The van der Waals surface area contributed by atoms with Crippen molar-refractivity contribution >= 4 is 0 Å². The van der Waals surface area contributed by atoms with Crippen molar-refractivity contribution in [3.8, 4) is 0 Å². The van der Waals surface area contributed by atoms with Gasteiger partial charge in [0, 0.05) is 5.54 Å². The molecule has 0 bridgehead atoms. The van der Waals surface area contributed by atoms with Crippen LogP contribution < -0.4 is 5.32 Å². The van der Waals surface area contributed by atoms with Gasteiger partial charge in [-0.25, -0.2) is 0 Å². The van der Waals surface area contributed by atoms with Crippen molar-refractivity contribution in [1.29, 1.82) is 0 Å². The molecule has 0 atom stereocenters. The first-order valence-electron chi connectivity index (χ1n) is 7.25. The van der Waals surface area contributed by atoms with Crippen molar-refractivity contribution < 1.29 is 0 Å². The molecule has 0 heterocycles. The second-order valence-electron chi connectivity index (χ2n) is 6.56. The van der Waals surface area contributed by atoms with Gasteiger partial charge in [0.25, 0.3) is 0 Å². The monoisotopic (exact) mass is 259 g/mol. The summed E-state index contributed by atoms with van der Waals surface area (Å²) in [6.07, 6.45) is 4.55. The number of hydrogen-bond donors (Lipinski definition) is 1. The van der Waals surface area contributed by atoms with Crippen molar-refractivity contribution in [2.75, 3.05) is 6.54 Å². The molecule has 1 aromatic rings. The lowest BCUT2D eigenvalue weighted by molar-refractivity contribution is 0.431. The Morgan fingerprint density at radius 1 is 1.16 bits per heavy atom. The van der Waals surface area contributed by atoms with Gasteiger partial charge >= 0.3 is 0 Å². The van der Waals surface area contributed by atoms with E-state index in [0.717, 1.165) is 19.4 Å². The van der Waals surface area contributed by atoms with Crippen LogP contribution in [0.2, 0.25) is 0 Å². The lowest BCUT2D eigenvalue weighted by atomic mass is 9.96. The van der Waals surface area contributed by atoms with E-state index in [-0.39, 0.29) is 5.54 Å². The molecule has 0 radical (unpaired) electrons. The molecule has 0 spiro atoms. The molecule has 106 valence electrons. The SMILES string of the molecule is C/C(=C/CCNC(C)(C)C)Cc1c(C)cccc1C. The molecule has 0 saturated heterocycles. The Bertz CT molecular complexity index is 415. The highest BCUT2D eigenvalue weighted by molar-refractivity contribution is 5.36. The summed E-state index contributed by atoms with van der Waals surface area (Å²) in [5, 5.41) is 3.52. The third kappa shape index (κ3) is 6.07. The smallest absolute Gasteiger partial charge is 0.00966 e. The minimum absolute atomic E-state index is 0.217. The van der Waals surface area contributed by atoms with E-state index in [1.165, 1.54) is 22.3 Å². The third-order valence-electron chi connectivity index (χ3n) is 3.39. The maximum Gasteiger partial charge on any atom is 0.00966 e. The van der Waals surface area contributed by atoms with Crippen molar-refractivity contribution in [2.24, 2.45) is 0 Å². The molecule has 0 aliphatic carbocycles. The summed E-state index contributed by atoms with van der Waals surface area (Å²) in [6, 6.07) is 6.55. The highest BCUT2D eigenvalue weighted by atomic mass is 14.9. The topological polar surface area (TPSA) is 12.0 Å². The van der Waals surface area contributed by atoms with Gasteiger partial charge in [0.1, 0.15) is 0 Å². The van der Waals surface area contributed by atoms with E-state index < -0.39 is 0 Å². The van der Waals surface area contributed by atoms with Crippen LogP contribution in [0.25, 0.3) is 0 Å². The normalized spacial score (nSPS) is 12.8. The van der Waals surface area contributed by atoms with Gasteiger partial charge in [-0.1, -0.05) is 29.8 Å². The molecule has 0 saturated carbocycles. The molecule has 0 aliphatic rings. The number of aryl methyl sites for hydroxylation is 2. The fourth-order valence-electron chi connectivity index (χ4n) is 2.24. The van der Waals surface area contributed by atoms with Crippen LogP contribution in [0.1, 0.15) is 50.8 Å². The first-order valence-corrected chi connectivity index (χ1v) is 7.25. The van der Waals surface area contributed by atoms with E-state index in [2.05, 4.69) is 71.1 Å². The second-order valence-corrected chi connectivity index (χ2v) is 6.56. The zero-order chi connectivity index (χ0) is 14.5. The first-order chi connectivity index (χ1) is 8.79. The zero-order valence-corrected chi connectivity index (χ0v) is 13.4. The van der Waals surface area contributed by atoms with Gasteiger partial charge in [-0.2, -0.15) is 0 Å². The zero-order valence-electron chi connectivity index (χ0n) is 13.4. The highest BCUT2D eigenvalue weighted by Crippen LogP contribution is 2.17. The summed E-state index contributed by atoms with van der Waals surface area (Å²) in [7, 11) is 0. The molecule has 19 heavy (non-hydrogen) atoms. The molecule has 0 unspecified atom stereocenters. The summed E-state index contributed by atoms with van der Waals surface area (Å²) in [5.41, 5.74) is 5.98. The maximum absolute atomic E-state index is 3.52. The van der Waals surface area contributed by atoms with Gasteiger partial charge in [-0.05, 0) is 77.6 Å². The molecule has 0 amide bonds. The third-order valence-corrected chi connectivity index (χ3v) is 3.39. The molecule has 1 heteroatoms. The Hall–Kier alpha value is -1.08. The van der Waals surface area contributed by atoms with E-state index in [0.29, 0.717) is 0 Å². The summed E-state index contributed by atoms with van der Waals surface area (Å²) < 4.78 is 0. The van der Waals surface area contributed by atoms with E-state index in [9.17, 15) is 0 Å². The summed E-state index contributed by atoms with van der Waals surface area (Å²) >= 11 is 0. The molecule has 0 aromatic heterocycles. The average molecular weight is 259 g/mol. The van der Waals surface area contributed by atoms with Crippen molar-refractivity contribution in [3.05, 3.63) is 46.5 Å². The van der Waals surface area contributed by atoms with Gasteiger partial charge in [0.2, 0.25) is 0 Å². The van der Waals surface area contributed by atoms with Crippen LogP contribution in [-0.4, -0.2) is 12.1 Å². The van der Waals surface area contributed by atoms with Crippen LogP contribution in [0.3, 0.4) is 0 Å². The van der Waals surface area contributed by atoms with Crippen LogP contribution in [0, 0.1) is 13.8 Å². The fraction of sp³-hybridized carbons (Fsp3) is 0.556. The minimum atomic E-state index is 0.217. The van der Waals surface area contributed by atoms with Crippen LogP contribution >= 0.6 is 0 Å². The molecular weight excluding hydrogens is 230 g/mol. The van der Waals surface area contributed by atoms with Crippen LogP contribution in [0.15, 0.2) is 29.8 Å². The molecule has 1 nitrogen and oxygen atoms in total. The first kappa shape index (κ1) is 16.0. The average Bonchev–Trinajstić information content (AvgIpc) is 2.28. The molecule has 1 rings (SSSR count). The summed E-state index contributed by atoms with van der Waals surface area (Å²) in [6.45, 7) is 14.3. The number of rotatable bonds is 5. The molecular formula is C18H29N. The van der Waals surface area contributed by atoms with Crippen molar-refractivity contribution in [2.45, 2.75) is 59.9 Å². The highest BCUT2D eigenvalue weighted by Gasteiger charge is 2.07. The Morgan fingerprint density at radius 3 is 2.26 bits per heavy atom. The quantitative estimate of drug-likeness (QED) is 0.603. The van der Waals surface area contributed by atoms with Crippen molar-refractivity contribution in [1.82, 2.24) is 5.32 Å². The van der Waals surface area contributed by atoms with Gasteiger partial charge in [0.05, 0.1) is 0 Å². The second kappa shape index (κ2) is 6.91. The number of nitrogens with one attached hydrogen (secondary N) is 1. The minimum Gasteiger partial charge on any atom is -0.312 e. The van der Waals surface area contributed by atoms with Crippen LogP contribution in [0.5, 0.6) is 0 Å². The number of hydrogen-bond acceptors (Lipinski definition) is 1. The Kier molecular flexibility index (Phi) is 5.81. The summed E-state index contributed by atoms with van der Waals surface area (Å²) in [4.78, 5) is 0. The lowest BCUT2D eigenvalue weighted by Gasteiger charge is -2.19. The number of benzene rings is 1. The molecule has 1 aromatic carbocycles. The van der Waals surface area contributed by atoms with Gasteiger partial charge in [-0.3, -0.25) is 0 Å². The standard InChI is InChI=1S/C18H29N/c1-14(9-8-12-19-18(4,5)6)13-17-15(2)10-7-11-16(17)3/h7,9-11,19H,8,12-13H2,1-6H3/b14-9-. The van der Waals surface area contributed by atoms with Gasteiger partial charge in [0.15, 0.2) is 0 Å². The van der Waals surface area contributed by atoms with E-state index in [1.807, 2.05) is 0 Å². The van der Waals surface area contributed by atoms with Gasteiger partial charge < -0.3 is 5.32 Å². The van der Waals surface area contributed by atoms with Crippen molar-refractivity contribution in [3.63, 3.8) is 0 Å². The maximum atomic E-state index is 3.52. The Balaban J connectivity index is 2.53. The molecule has 0 fully saturated rings.